The Kier molecular flexibility index (Phi) is 2.71. The number of rotatable bonds is 1. The largest absolute Gasteiger partial charge is 0.294 e. The van der Waals surface area contributed by atoms with Crippen molar-refractivity contribution in [3.8, 4) is 11.8 Å². The standard InChI is InChI=1S/C9H8O3S/c1-2-3-8-4-6-9(7-5-8)13(10,11)12/h4-7H,1H3,(H,10,11,12). The molecule has 0 aliphatic rings. The molecule has 0 amide bonds. The fraction of sp³-hybridized carbons (Fsp3) is 0.111. The van der Waals surface area contributed by atoms with Crippen LogP contribution in [-0.4, -0.2) is 13.0 Å². The lowest BCUT2D eigenvalue weighted by molar-refractivity contribution is 0.483. The zero-order chi connectivity index (χ0) is 9.90. The van der Waals surface area contributed by atoms with Crippen molar-refractivity contribution < 1.29 is 13.0 Å². The SMILES string of the molecule is CC#Cc1ccc(S(=O)(=O)O)cc1. The van der Waals surface area contributed by atoms with Gasteiger partial charge in [-0.25, -0.2) is 0 Å². The number of hydrogen-bond donors (Lipinski definition) is 1. The number of benzene rings is 1. The molecule has 0 fully saturated rings. The minimum Gasteiger partial charge on any atom is -0.282 e. The van der Waals surface area contributed by atoms with Crippen molar-refractivity contribution in [2.24, 2.45) is 0 Å². The topological polar surface area (TPSA) is 54.4 Å². The van der Waals surface area contributed by atoms with Crippen molar-refractivity contribution in [1.29, 1.82) is 0 Å². The van der Waals surface area contributed by atoms with Crippen LogP contribution in [0.15, 0.2) is 29.2 Å². The van der Waals surface area contributed by atoms with Crippen LogP contribution in [0.4, 0.5) is 0 Å². The van der Waals surface area contributed by atoms with Crippen LogP contribution >= 0.6 is 0 Å². The first-order chi connectivity index (χ1) is 6.04. The molecule has 1 N–H and O–H groups in total. The van der Waals surface area contributed by atoms with E-state index >= 15 is 0 Å². The minimum absolute atomic E-state index is 0.117. The molecule has 3 nitrogen and oxygen atoms in total. The molecule has 1 aromatic carbocycles. The van der Waals surface area contributed by atoms with Gasteiger partial charge in [-0.05, 0) is 31.2 Å². The fourth-order valence-electron chi connectivity index (χ4n) is 0.855. The van der Waals surface area contributed by atoms with Crippen LogP contribution in [0.1, 0.15) is 12.5 Å². The summed E-state index contributed by atoms with van der Waals surface area (Å²) in [7, 11) is -4.08. The molecule has 0 aliphatic heterocycles. The van der Waals surface area contributed by atoms with Crippen molar-refractivity contribution in [2.75, 3.05) is 0 Å². The molecule has 0 aliphatic carbocycles. The van der Waals surface area contributed by atoms with Crippen molar-refractivity contribution in [3.63, 3.8) is 0 Å². The second-order valence-electron chi connectivity index (χ2n) is 2.37. The Balaban J connectivity index is 3.13. The van der Waals surface area contributed by atoms with Gasteiger partial charge in [0.25, 0.3) is 10.1 Å². The molecule has 0 heterocycles. The first kappa shape index (κ1) is 9.78. The van der Waals surface area contributed by atoms with E-state index in [9.17, 15) is 8.42 Å². The second-order valence-corrected chi connectivity index (χ2v) is 3.80. The highest BCUT2D eigenvalue weighted by molar-refractivity contribution is 7.85. The van der Waals surface area contributed by atoms with Gasteiger partial charge in [0.05, 0.1) is 4.90 Å². The van der Waals surface area contributed by atoms with Crippen molar-refractivity contribution >= 4 is 10.1 Å². The van der Waals surface area contributed by atoms with E-state index in [1.165, 1.54) is 12.1 Å². The summed E-state index contributed by atoms with van der Waals surface area (Å²) in [6.45, 7) is 1.69. The zero-order valence-electron chi connectivity index (χ0n) is 6.98. The predicted molar refractivity (Wildman–Crippen MR) is 48.8 cm³/mol. The smallest absolute Gasteiger partial charge is 0.282 e. The van der Waals surface area contributed by atoms with E-state index in [2.05, 4.69) is 11.8 Å². The molecule has 1 rings (SSSR count). The van der Waals surface area contributed by atoms with Gasteiger partial charge < -0.3 is 0 Å². The van der Waals surface area contributed by atoms with Crippen LogP contribution in [-0.2, 0) is 10.1 Å². The molecule has 68 valence electrons. The third-order valence-corrected chi connectivity index (χ3v) is 2.29. The van der Waals surface area contributed by atoms with Crippen molar-refractivity contribution in [2.45, 2.75) is 11.8 Å². The Morgan fingerprint density at radius 2 is 1.77 bits per heavy atom. The zero-order valence-corrected chi connectivity index (χ0v) is 7.80. The molecule has 0 saturated carbocycles. The summed E-state index contributed by atoms with van der Waals surface area (Å²) in [6, 6.07) is 5.71. The summed E-state index contributed by atoms with van der Waals surface area (Å²) >= 11 is 0. The van der Waals surface area contributed by atoms with Crippen LogP contribution < -0.4 is 0 Å². The highest BCUT2D eigenvalue weighted by atomic mass is 32.2. The Labute approximate surface area is 77.2 Å². The van der Waals surface area contributed by atoms with E-state index in [4.69, 9.17) is 4.55 Å². The van der Waals surface area contributed by atoms with Gasteiger partial charge in [0.2, 0.25) is 0 Å². The summed E-state index contributed by atoms with van der Waals surface area (Å²) in [5, 5.41) is 0. The van der Waals surface area contributed by atoms with Crippen molar-refractivity contribution in [3.05, 3.63) is 29.8 Å². The summed E-state index contributed by atoms with van der Waals surface area (Å²) in [4.78, 5) is -0.117. The number of hydrogen-bond acceptors (Lipinski definition) is 2. The summed E-state index contributed by atoms with van der Waals surface area (Å²) in [5.41, 5.74) is 0.718. The lowest BCUT2D eigenvalue weighted by atomic mass is 10.2. The first-order valence-electron chi connectivity index (χ1n) is 3.54. The van der Waals surface area contributed by atoms with E-state index in [0.29, 0.717) is 0 Å². The van der Waals surface area contributed by atoms with Gasteiger partial charge in [-0.2, -0.15) is 8.42 Å². The van der Waals surface area contributed by atoms with E-state index in [1.807, 2.05) is 0 Å². The first-order valence-corrected chi connectivity index (χ1v) is 4.98. The maximum absolute atomic E-state index is 10.6. The van der Waals surface area contributed by atoms with Gasteiger partial charge in [0, 0.05) is 5.56 Å². The van der Waals surface area contributed by atoms with E-state index in [0.717, 1.165) is 5.56 Å². The molecule has 0 saturated heterocycles. The Bertz CT molecular complexity index is 446. The monoisotopic (exact) mass is 196 g/mol. The van der Waals surface area contributed by atoms with E-state index < -0.39 is 10.1 Å². The highest BCUT2D eigenvalue weighted by Crippen LogP contribution is 2.08. The molecule has 0 atom stereocenters. The van der Waals surface area contributed by atoms with Crippen LogP contribution in [0.3, 0.4) is 0 Å². The Morgan fingerprint density at radius 1 is 1.23 bits per heavy atom. The van der Waals surface area contributed by atoms with Gasteiger partial charge in [-0.3, -0.25) is 4.55 Å². The third kappa shape index (κ3) is 2.58. The van der Waals surface area contributed by atoms with Gasteiger partial charge in [0.15, 0.2) is 0 Å². The maximum Gasteiger partial charge on any atom is 0.294 e. The van der Waals surface area contributed by atoms with Crippen LogP contribution in [0, 0.1) is 11.8 Å². The molecule has 0 aromatic heterocycles. The molecule has 0 spiro atoms. The van der Waals surface area contributed by atoms with Gasteiger partial charge in [0.1, 0.15) is 0 Å². The molecule has 0 unspecified atom stereocenters. The third-order valence-electron chi connectivity index (χ3n) is 1.42. The van der Waals surface area contributed by atoms with Gasteiger partial charge >= 0.3 is 0 Å². The van der Waals surface area contributed by atoms with Gasteiger partial charge in [-0.15, -0.1) is 5.92 Å². The fourth-order valence-corrected chi connectivity index (χ4v) is 1.33. The summed E-state index contributed by atoms with van der Waals surface area (Å²) in [5.74, 6) is 5.44. The van der Waals surface area contributed by atoms with E-state index in [1.54, 1.807) is 19.1 Å². The molecule has 13 heavy (non-hydrogen) atoms. The van der Waals surface area contributed by atoms with Crippen LogP contribution in [0.5, 0.6) is 0 Å². The molecule has 0 radical (unpaired) electrons. The maximum atomic E-state index is 10.6. The quantitative estimate of drug-likeness (QED) is 0.544. The molecular weight excluding hydrogens is 188 g/mol. The lowest BCUT2D eigenvalue weighted by Gasteiger charge is -1.95. The molecule has 1 aromatic rings. The Hall–Kier alpha value is -1.31. The summed E-state index contributed by atoms with van der Waals surface area (Å²) in [6.07, 6.45) is 0. The Morgan fingerprint density at radius 3 is 2.15 bits per heavy atom. The average molecular weight is 196 g/mol. The van der Waals surface area contributed by atoms with Gasteiger partial charge in [-0.1, -0.05) is 5.92 Å². The normalized spacial score (nSPS) is 10.3. The second kappa shape index (κ2) is 3.60. The molecule has 0 bridgehead atoms. The van der Waals surface area contributed by atoms with Crippen LogP contribution in [0.2, 0.25) is 0 Å². The molecule has 4 heteroatoms. The van der Waals surface area contributed by atoms with Crippen molar-refractivity contribution in [1.82, 2.24) is 0 Å². The predicted octanol–water partition coefficient (Wildman–Crippen LogP) is 1.30. The van der Waals surface area contributed by atoms with E-state index in [-0.39, 0.29) is 4.90 Å². The highest BCUT2D eigenvalue weighted by Gasteiger charge is 2.07. The lowest BCUT2D eigenvalue weighted by Crippen LogP contribution is -1.97. The summed E-state index contributed by atoms with van der Waals surface area (Å²) < 4.78 is 29.9. The average Bonchev–Trinajstić information content (AvgIpc) is 2.04. The minimum atomic E-state index is -4.08. The van der Waals surface area contributed by atoms with Crippen LogP contribution in [0.25, 0.3) is 0 Å². The molecular formula is C9H8O3S.